The molecule has 18 heavy (non-hydrogen) atoms. The summed E-state index contributed by atoms with van der Waals surface area (Å²) in [5, 5.41) is 19.6. The summed E-state index contributed by atoms with van der Waals surface area (Å²) in [5.41, 5.74) is 1.35. The minimum absolute atomic E-state index is 0.167. The predicted molar refractivity (Wildman–Crippen MR) is 68.4 cm³/mol. The fourth-order valence-corrected chi connectivity index (χ4v) is 1.53. The molecule has 0 aliphatic carbocycles. The van der Waals surface area contributed by atoms with Crippen molar-refractivity contribution >= 4 is 11.7 Å². The number of benzene rings is 1. The first-order chi connectivity index (χ1) is 8.47. The Morgan fingerprint density at radius 2 is 2.06 bits per heavy atom. The molecule has 5 heteroatoms. The van der Waals surface area contributed by atoms with Crippen molar-refractivity contribution in [1.82, 2.24) is 0 Å². The number of ether oxygens (including phenoxy) is 1. The molecule has 0 aliphatic rings. The van der Waals surface area contributed by atoms with Gasteiger partial charge in [-0.05, 0) is 24.6 Å². The fourth-order valence-electron chi connectivity index (χ4n) is 1.53. The van der Waals surface area contributed by atoms with Gasteiger partial charge in [-0.1, -0.05) is 12.1 Å². The maximum absolute atomic E-state index is 11.3. The quantitative estimate of drug-likeness (QED) is 0.756. The topological polar surface area (TPSA) is 70.0 Å². The van der Waals surface area contributed by atoms with E-state index in [2.05, 4.69) is 4.74 Å². The van der Waals surface area contributed by atoms with E-state index >= 15 is 0 Å². The summed E-state index contributed by atoms with van der Waals surface area (Å²) in [7, 11) is 3.74. The second-order valence-corrected chi connectivity index (χ2v) is 4.13. The van der Waals surface area contributed by atoms with Crippen molar-refractivity contribution in [2.24, 2.45) is 0 Å². The van der Waals surface area contributed by atoms with Crippen LogP contribution < -0.4 is 4.90 Å². The third-order valence-corrected chi connectivity index (χ3v) is 2.56. The molecule has 0 spiro atoms. The Kier molecular flexibility index (Phi) is 5.12. The van der Waals surface area contributed by atoms with Crippen LogP contribution in [0.25, 0.3) is 0 Å². The number of anilines is 1. The number of esters is 1. The first-order valence-electron chi connectivity index (χ1n) is 5.77. The van der Waals surface area contributed by atoms with Crippen molar-refractivity contribution in [3.8, 4) is 0 Å². The molecule has 0 amide bonds. The second-order valence-electron chi connectivity index (χ2n) is 4.13. The molecule has 0 saturated carbocycles. The highest BCUT2D eigenvalue weighted by Crippen LogP contribution is 2.22. The van der Waals surface area contributed by atoms with E-state index in [0.717, 1.165) is 5.69 Å². The smallest absolute Gasteiger partial charge is 0.338 e. The van der Waals surface area contributed by atoms with Gasteiger partial charge in [-0.25, -0.2) is 4.79 Å². The fraction of sp³-hybridized carbons (Fsp3) is 0.462. The van der Waals surface area contributed by atoms with Gasteiger partial charge < -0.3 is 19.8 Å². The molecule has 0 radical (unpaired) electrons. The van der Waals surface area contributed by atoms with Crippen molar-refractivity contribution < 1.29 is 19.7 Å². The molecule has 0 heterocycles. The molecule has 2 N–H and O–H groups in total. The Balaban J connectivity index is 2.86. The zero-order valence-corrected chi connectivity index (χ0v) is 10.8. The molecule has 100 valence electrons. The molecule has 1 aromatic carbocycles. The number of hydrogen-bond acceptors (Lipinski definition) is 5. The van der Waals surface area contributed by atoms with Gasteiger partial charge in [0.1, 0.15) is 6.10 Å². The summed E-state index contributed by atoms with van der Waals surface area (Å²) >= 11 is 0. The van der Waals surface area contributed by atoms with Crippen molar-refractivity contribution in [3.63, 3.8) is 0 Å². The lowest BCUT2D eigenvalue weighted by molar-refractivity contribution is -0.159. The van der Waals surface area contributed by atoms with Gasteiger partial charge in [0.2, 0.25) is 0 Å². The molecule has 0 aliphatic heterocycles. The molecule has 0 aromatic heterocycles. The van der Waals surface area contributed by atoms with Crippen LogP contribution in [-0.2, 0) is 9.53 Å². The minimum atomic E-state index is -1.57. The Bertz CT molecular complexity index is 406. The molecule has 5 nitrogen and oxygen atoms in total. The van der Waals surface area contributed by atoms with E-state index in [4.69, 9.17) is 0 Å². The SMILES string of the molecule is CCOC(=O)C(O)C(O)c1cccc(N(C)C)c1. The van der Waals surface area contributed by atoms with Crippen LogP contribution >= 0.6 is 0 Å². The lowest BCUT2D eigenvalue weighted by Crippen LogP contribution is -2.30. The van der Waals surface area contributed by atoms with Crippen LogP contribution in [-0.4, -0.2) is 43.0 Å². The summed E-state index contributed by atoms with van der Waals surface area (Å²) in [4.78, 5) is 13.2. The Labute approximate surface area is 107 Å². The average Bonchev–Trinajstić information content (AvgIpc) is 2.37. The molecule has 1 aromatic rings. The standard InChI is InChI=1S/C13H19NO4/c1-4-18-13(17)12(16)11(15)9-6-5-7-10(8-9)14(2)3/h5-8,11-12,15-16H,4H2,1-3H3. The maximum Gasteiger partial charge on any atom is 0.338 e. The highest BCUT2D eigenvalue weighted by atomic mass is 16.5. The van der Waals surface area contributed by atoms with Gasteiger partial charge in [-0.15, -0.1) is 0 Å². The van der Waals surface area contributed by atoms with E-state index in [1.807, 2.05) is 25.1 Å². The van der Waals surface area contributed by atoms with Crippen LogP contribution in [0.5, 0.6) is 0 Å². The number of nitrogens with zero attached hydrogens (tertiary/aromatic N) is 1. The molecular weight excluding hydrogens is 234 g/mol. The molecule has 0 bridgehead atoms. The van der Waals surface area contributed by atoms with Crippen LogP contribution in [0.3, 0.4) is 0 Å². The molecule has 0 saturated heterocycles. The van der Waals surface area contributed by atoms with Crippen molar-refractivity contribution in [2.45, 2.75) is 19.1 Å². The normalized spacial score (nSPS) is 13.8. The number of hydrogen-bond donors (Lipinski definition) is 2. The number of carbonyl (C=O) groups excluding carboxylic acids is 1. The molecule has 0 fully saturated rings. The zero-order chi connectivity index (χ0) is 13.7. The Morgan fingerprint density at radius 1 is 1.39 bits per heavy atom. The van der Waals surface area contributed by atoms with Crippen LogP contribution in [0.1, 0.15) is 18.6 Å². The third kappa shape index (κ3) is 3.45. The largest absolute Gasteiger partial charge is 0.464 e. The minimum Gasteiger partial charge on any atom is -0.464 e. The molecule has 2 atom stereocenters. The van der Waals surface area contributed by atoms with E-state index in [-0.39, 0.29) is 6.61 Å². The van der Waals surface area contributed by atoms with Gasteiger partial charge in [0.25, 0.3) is 0 Å². The maximum atomic E-state index is 11.3. The van der Waals surface area contributed by atoms with Gasteiger partial charge in [-0.3, -0.25) is 0 Å². The van der Waals surface area contributed by atoms with Crippen molar-refractivity contribution in [3.05, 3.63) is 29.8 Å². The highest BCUT2D eigenvalue weighted by Gasteiger charge is 2.27. The Hall–Kier alpha value is -1.59. The number of aliphatic hydroxyl groups excluding tert-OH is 2. The van der Waals surface area contributed by atoms with Gasteiger partial charge in [-0.2, -0.15) is 0 Å². The van der Waals surface area contributed by atoms with Crippen LogP contribution in [0.2, 0.25) is 0 Å². The van der Waals surface area contributed by atoms with Crippen LogP contribution in [0.15, 0.2) is 24.3 Å². The summed E-state index contributed by atoms with van der Waals surface area (Å²) in [6.07, 6.45) is -2.86. The van der Waals surface area contributed by atoms with Crippen LogP contribution in [0, 0.1) is 0 Å². The summed E-state index contributed by atoms with van der Waals surface area (Å²) in [6.45, 7) is 1.81. The molecular formula is C13H19NO4. The first kappa shape index (κ1) is 14.5. The van der Waals surface area contributed by atoms with Gasteiger partial charge in [0.05, 0.1) is 6.61 Å². The molecule has 2 unspecified atom stereocenters. The van der Waals surface area contributed by atoms with Crippen LogP contribution in [0.4, 0.5) is 5.69 Å². The van der Waals surface area contributed by atoms with E-state index in [1.54, 1.807) is 25.1 Å². The monoisotopic (exact) mass is 253 g/mol. The van der Waals surface area contributed by atoms with E-state index < -0.39 is 18.2 Å². The highest BCUT2D eigenvalue weighted by molar-refractivity contribution is 5.75. The van der Waals surface area contributed by atoms with Gasteiger partial charge >= 0.3 is 5.97 Å². The summed E-state index contributed by atoms with van der Waals surface area (Å²) in [5.74, 6) is -0.819. The van der Waals surface area contributed by atoms with Gasteiger partial charge in [0.15, 0.2) is 6.10 Å². The number of carbonyl (C=O) groups is 1. The average molecular weight is 253 g/mol. The van der Waals surface area contributed by atoms with Crippen molar-refractivity contribution in [1.29, 1.82) is 0 Å². The summed E-state index contributed by atoms with van der Waals surface area (Å²) in [6, 6.07) is 6.99. The number of rotatable bonds is 5. The second kappa shape index (κ2) is 6.37. The lowest BCUT2D eigenvalue weighted by Gasteiger charge is -2.19. The lowest BCUT2D eigenvalue weighted by atomic mass is 10.0. The molecule has 1 rings (SSSR count). The van der Waals surface area contributed by atoms with Gasteiger partial charge in [0, 0.05) is 19.8 Å². The van der Waals surface area contributed by atoms with E-state index in [9.17, 15) is 15.0 Å². The van der Waals surface area contributed by atoms with E-state index in [1.165, 1.54) is 0 Å². The van der Waals surface area contributed by atoms with Crippen molar-refractivity contribution in [2.75, 3.05) is 25.6 Å². The summed E-state index contributed by atoms with van der Waals surface area (Å²) < 4.78 is 4.66. The zero-order valence-electron chi connectivity index (χ0n) is 10.8. The Morgan fingerprint density at radius 3 is 2.61 bits per heavy atom. The number of aliphatic hydroxyl groups is 2. The predicted octanol–water partition coefficient (Wildman–Crippen LogP) is 0.710. The third-order valence-electron chi connectivity index (χ3n) is 2.56. The first-order valence-corrected chi connectivity index (χ1v) is 5.77. The van der Waals surface area contributed by atoms with E-state index in [0.29, 0.717) is 5.56 Å².